The van der Waals surface area contributed by atoms with Gasteiger partial charge in [0.2, 0.25) is 6.29 Å². The minimum absolute atomic E-state index is 0.0258. The molecule has 0 spiro atoms. The molecule has 38 heteroatoms. The zero-order valence-corrected chi connectivity index (χ0v) is 64.2. The molecule has 45 atom stereocenters. The number of aliphatic hydroxyl groups is 21. The summed E-state index contributed by atoms with van der Waals surface area (Å²) in [6.45, 7) is 14.7. The smallest absolute Gasteiger partial charge is 0.317 e. The third-order valence-corrected chi connectivity index (χ3v) is 28.2. The first-order chi connectivity index (χ1) is 52.5. The molecule has 644 valence electrons. The number of hydrogen-bond donors (Lipinski definition) is 21. The summed E-state index contributed by atoms with van der Waals surface area (Å²) >= 11 is 0. The van der Waals surface area contributed by atoms with Crippen molar-refractivity contribution in [1.29, 1.82) is 0 Å². The standard InChI is InChI=1S/C74H120O38/c1-26-40(80)46(86)52(92)60(103-26)101-24-35-45(85)48(88)59(111-64-54(94)49(89)56(27(2)104-64)108-63-55(95)57(33(78)23-99-63)109-61-50(90)41(81)30(75)20-97-61)67(106-35)112-68(96)74-17-16-69(3,4)18-29(74)28-10-11-37-71(7)14-13-39(70(5,6)36(71)12-15-72(37,8)73(28,9)19-38(74)79)107-65-53(93)47(87)44(84)34(105-65)25-102-66-58(43(83)32(77)22-100-66)110-62-51(91)42(82)31(76)21-98-62/h10,26-27,29-67,75-95H,11-25H2,1-9H3/t26-,27-,29+,30+,31+,32-,33+,34+,35-,36+,37-,38+,39-,40-,41+,42+,43+,44-,45+,46+,47+,48+,49+,50+,51-,52-,53+,54-,55+,56+,57+,58-,59+,60-,61+,62+,63-,64+,65+,66+,67-,71-,72+,73+,74-/m1/s1. The molecule has 0 bridgehead atoms. The van der Waals surface area contributed by atoms with E-state index in [-0.39, 0.29) is 24.7 Å². The van der Waals surface area contributed by atoms with E-state index < -0.39 is 317 Å². The Balaban J connectivity index is 0.718. The average Bonchev–Trinajstić information content (AvgIpc) is 0.670. The SMILES string of the molecule is C[C@H]1O[C@@H](OC[C@H]2O[C@H](OC(=O)[C@]34CCC(C)(C)C[C@H]3C3=CC[C@@H]5[C@]6(C)CC[C@@H](O[C@@H]7O[C@@H](CO[C@@H]8OC[C@@H](O)[C@H](O)[C@H]8O[C@@H]8OC[C@H](O)[C@H](O)[C@H]8O)[C@@H](O)[C@H](O)[C@@H]7O)C(C)(C)[C@@H]6CC[C@]5(C)[C@@]3(C)C[C@@H]4O)[C@@H](O[C@@H]3O[C@H](C)[C@H](O[C@H]4OC[C@H](O)[C@H](O[C@@H]5OC[C@H](O)[C@H](O)[C@@H]5O)[C@@H]4O)[C@@H](O)[C@H]3O)[C@@H](O)[C@H]2O)[C@H](O)[C@@H](O)[C@@H]1O. The minimum atomic E-state index is -2.12. The number of fused-ring (bicyclic) bond motifs is 7. The maximum Gasteiger partial charge on any atom is 0.317 e. The van der Waals surface area contributed by atoms with Crippen LogP contribution in [0.2, 0.25) is 0 Å². The zero-order valence-electron chi connectivity index (χ0n) is 64.2. The number of aliphatic hydroxyl groups excluding tert-OH is 21. The van der Waals surface area contributed by atoms with Crippen LogP contribution in [0.1, 0.15) is 120 Å². The van der Waals surface area contributed by atoms with Gasteiger partial charge >= 0.3 is 5.97 Å². The summed E-state index contributed by atoms with van der Waals surface area (Å²) in [6, 6.07) is 0. The highest BCUT2D eigenvalue weighted by atomic mass is 16.8. The summed E-state index contributed by atoms with van der Waals surface area (Å²) in [5.41, 5.74) is -3.50. The van der Waals surface area contributed by atoms with Crippen LogP contribution in [0.25, 0.3) is 0 Å². The largest absolute Gasteiger partial charge is 0.432 e. The summed E-state index contributed by atoms with van der Waals surface area (Å²) in [5.74, 6) is -1.71. The lowest BCUT2D eigenvalue weighted by molar-refractivity contribution is -0.381. The molecule has 13 rings (SSSR count). The molecular weight excluding hydrogens is 1500 g/mol. The third kappa shape index (κ3) is 15.6. The molecule has 12 fully saturated rings. The van der Waals surface area contributed by atoms with Gasteiger partial charge in [0.25, 0.3) is 0 Å². The molecule has 8 aliphatic heterocycles. The lowest BCUT2D eigenvalue weighted by atomic mass is 9.33. The summed E-state index contributed by atoms with van der Waals surface area (Å²) < 4.78 is 95.1. The first kappa shape index (κ1) is 87.6. The molecule has 8 heterocycles. The highest BCUT2D eigenvalue weighted by molar-refractivity contribution is 5.80. The van der Waals surface area contributed by atoms with Crippen molar-refractivity contribution in [2.24, 2.45) is 50.2 Å². The first-order valence-electron chi connectivity index (χ1n) is 39.3. The van der Waals surface area contributed by atoms with Gasteiger partial charge in [-0.15, -0.1) is 0 Å². The van der Waals surface area contributed by atoms with E-state index in [1.807, 2.05) is 0 Å². The summed E-state index contributed by atoms with van der Waals surface area (Å²) in [5, 5.41) is 233. The Morgan fingerprint density at radius 1 is 0.411 bits per heavy atom. The highest BCUT2D eigenvalue weighted by Gasteiger charge is 2.73. The fourth-order valence-electron chi connectivity index (χ4n) is 21.1. The van der Waals surface area contributed by atoms with Crippen molar-refractivity contribution in [3.8, 4) is 0 Å². The van der Waals surface area contributed by atoms with Gasteiger partial charge in [0.05, 0.1) is 64.1 Å². The van der Waals surface area contributed by atoms with Gasteiger partial charge in [0, 0.05) is 0 Å². The highest BCUT2D eigenvalue weighted by Crippen LogP contribution is 2.76. The van der Waals surface area contributed by atoms with Crippen LogP contribution in [-0.2, 0) is 80.6 Å². The second-order valence-corrected chi connectivity index (χ2v) is 35.9. The van der Waals surface area contributed by atoms with E-state index in [1.165, 1.54) is 13.8 Å². The van der Waals surface area contributed by atoms with E-state index >= 15 is 4.79 Å². The lowest BCUT2D eigenvalue weighted by Gasteiger charge is -2.71. The molecule has 0 aromatic rings. The topological polar surface area (TPSA) is 590 Å². The van der Waals surface area contributed by atoms with Crippen molar-refractivity contribution in [1.82, 2.24) is 0 Å². The van der Waals surface area contributed by atoms with Gasteiger partial charge in [0.15, 0.2) is 50.1 Å². The van der Waals surface area contributed by atoms with Crippen LogP contribution in [-0.4, -0.2) is 386 Å². The van der Waals surface area contributed by atoms with Crippen LogP contribution in [0.5, 0.6) is 0 Å². The van der Waals surface area contributed by atoms with E-state index in [2.05, 4.69) is 54.5 Å². The van der Waals surface area contributed by atoms with Gasteiger partial charge in [-0.1, -0.05) is 60.1 Å². The van der Waals surface area contributed by atoms with Gasteiger partial charge in [-0.2, -0.15) is 0 Å². The number of allylic oxidation sites excluding steroid dienone is 2. The maximum atomic E-state index is 16.1. The molecule has 0 aromatic carbocycles. The van der Waals surface area contributed by atoms with Crippen LogP contribution in [0.4, 0.5) is 0 Å². The number of hydrogen-bond acceptors (Lipinski definition) is 38. The molecule has 0 aromatic heterocycles. The predicted octanol–water partition coefficient (Wildman–Crippen LogP) is -7.16. The molecule has 112 heavy (non-hydrogen) atoms. The van der Waals surface area contributed by atoms with Crippen LogP contribution < -0.4 is 0 Å². The van der Waals surface area contributed by atoms with E-state index in [0.717, 1.165) is 5.57 Å². The monoisotopic (exact) mass is 1620 g/mol. The van der Waals surface area contributed by atoms with Crippen LogP contribution >= 0.6 is 0 Å². The second-order valence-electron chi connectivity index (χ2n) is 35.9. The zero-order chi connectivity index (χ0) is 81.5. The normalized spacial score (nSPS) is 55.1. The second kappa shape index (κ2) is 33.3. The summed E-state index contributed by atoms with van der Waals surface area (Å²) in [4.78, 5) is 16.1. The average molecular weight is 1620 g/mol. The fourth-order valence-corrected chi connectivity index (χ4v) is 21.1. The Hall–Kier alpha value is -2.23. The Morgan fingerprint density at radius 3 is 1.52 bits per heavy atom. The molecule has 21 N–H and O–H groups in total. The molecule has 0 unspecified atom stereocenters. The Bertz CT molecular complexity index is 3220. The number of carbonyl (C=O) groups excluding carboxylic acids is 1. The van der Waals surface area contributed by atoms with E-state index in [0.29, 0.717) is 44.9 Å². The van der Waals surface area contributed by atoms with Crippen LogP contribution in [0.3, 0.4) is 0 Å². The number of esters is 1. The van der Waals surface area contributed by atoms with Crippen molar-refractivity contribution >= 4 is 5.97 Å². The molecule has 0 radical (unpaired) electrons. The Morgan fingerprint density at radius 2 is 0.884 bits per heavy atom. The van der Waals surface area contributed by atoms with E-state index in [9.17, 15) is 107 Å². The summed E-state index contributed by atoms with van der Waals surface area (Å²) in [7, 11) is 0. The van der Waals surface area contributed by atoms with Gasteiger partial charge in [-0.3, -0.25) is 4.79 Å². The molecule has 4 saturated carbocycles. The first-order valence-corrected chi connectivity index (χ1v) is 39.3. The van der Waals surface area contributed by atoms with Crippen molar-refractivity contribution in [2.75, 3.05) is 39.6 Å². The molecule has 13 aliphatic rings. The predicted molar refractivity (Wildman–Crippen MR) is 368 cm³/mol. The van der Waals surface area contributed by atoms with Gasteiger partial charge in [-0.05, 0) is 116 Å². The molecule has 0 amide bonds. The van der Waals surface area contributed by atoms with Crippen molar-refractivity contribution in [2.45, 2.75) is 354 Å². The van der Waals surface area contributed by atoms with Gasteiger partial charge in [-0.25, -0.2) is 0 Å². The Labute approximate surface area is 646 Å². The van der Waals surface area contributed by atoms with Crippen molar-refractivity contribution < 1.29 is 188 Å². The molecule has 38 nitrogen and oxygen atoms in total. The van der Waals surface area contributed by atoms with Crippen LogP contribution in [0, 0.1) is 50.2 Å². The molecular formula is C74H120O38. The van der Waals surface area contributed by atoms with E-state index in [1.54, 1.807) is 0 Å². The van der Waals surface area contributed by atoms with E-state index in [4.69, 9.17) is 75.8 Å². The molecule has 8 saturated heterocycles. The van der Waals surface area contributed by atoms with Crippen LogP contribution in [0.15, 0.2) is 11.6 Å². The molecule has 5 aliphatic carbocycles. The minimum Gasteiger partial charge on any atom is -0.432 e. The fraction of sp³-hybridized carbons (Fsp3) is 0.959. The van der Waals surface area contributed by atoms with Gasteiger partial charge in [0.1, 0.15) is 158 Å². The third-order valence-electron chi connectivity index (χ3n) is 28.2. The number of ether oxygens (including phenoxy) is 16. The van der Waals surface area contributed by atoms with Gasteiger partial charge < -0.3 is 183 Å². The Kier molecular flexibility index (Phi) is 26.0. The quantitative estimate of drug-likeness (QED) is 0.0344. The van der Waals surface area contributed by atoms with Crippen molar-refractivity contribution in [3.05, 3.63) is 11.6 Å². The summed E-state index contributed by atoms with van der Waals surface area (Å²) in [6.07, 6.45) is -56.6. The van der Waals surface area contributed by atoms with Crippen molar-refractivity contribution in [3.63, 3.8) is 0 Å². The lowest BCUT2D eigenvalue weighted by Crippen LogP contribution is -2.69. The maximum absolute atomic E-state index is 16.1. The number of carbonyl (C=O) groups is 1. The number of rotatable bonds is 18.